The highest BCUT2D eigenvalue weighted by Crippen LogP contribution is 2.38. The first kappa shape index (κ1) is 35.3. The molecule has 3 rings (SSSR count). The summed E-state index contributed by atoms with van der Waals surface area (Å²) in [5, 5.41) is 11.0. The number of aromatic nitrogens is 2. The molecule has 0 bridgehead atoms. The molecule has 1 fully saturated rings. The van der Waals surface area contributed by atoms with Crippen LogP contribution in [0.15, 0.2) is 24.4 Å². The van der Waals surface area contributed by atoms with Crippen molar-refractivity contribution >= 4 is 27.2 Å². The van der Waals surface area contributed by atoms with Gasteiger partial charge in [-0.15, -0.1) is 9.24 Å². The number of hydrogen-bond acceptors (Lipinski definition) is 8. The number of benzene rings is 1. The maximum Gasteiger partial charge on any atom is 0.410 e. The van der Waals surface area contributed by atoms with Crippen molar-refractivity contribution in [3.05, 3.63) is 41.9 Å². The van der Waals surface area contributed by atoms with Gasteiger partial charge in [0.05, 0.1) is 23.9 Å². The van der Waals surface area contributed by atoms with E-state index in [2.05, 4.69) is 14.2 Å². The predicted octanol–water partition coefficient (Wildman–Crippen LogP) is 4.14. The minimum Gasteiger partial charge on any atom is -0.453 e. The molecule has 0 saturated carbocycles. The molecule has 1 saturated heterocycles. The van der Waals surface area contributed by atoms with Gasteiger partial charge in [0.15, 0.2) is 6.10 Å². The number of carbonyl (C=O) groups is 3. The van der Waals surface area contributed by atoms with Crippen LogP contribution in [0.3, 0.4) is 0 Å². The molecule has 5 atom stereocenters. The molecule has 0 radical (unpaired) electrons. The highest BCUT2D eigenvalue weighted by molar-refractivity contribution is 7.15. The summed E-state index contributed by atoms with van der Waals surface area (Å²) in [5.74, 6) is -2.93. The number of aliphatic hydroxyl groups excluding tert-OH is 1. The minimum absolute atomic E-state index is 0.0112. The number of likely N-dealkylation sites (tertiary alicyclic amines) is 1. The molecular weight excluding hydrogens is 597 g/mol. The molecule has 44 heavy (non-hydrogen) atoms. The summed E-state index contributed by atoms with van der Waals surface area (Å²) in [7, 11) is 4.00. The fourth-order valence-corrected chi connectivity index (χ4v) is 5.47. The molecule has 0 aliphatic carbocycles. The van der Waals surface area contributed by atoms with E-state index in [1.54, 1.807) is 45.4 Å². The largest absolute Gasteiger partial charge is 0.453 e. The van der Waals surface area contributed by atoms with Crippen LogP contribution in [-0.2, 0) is 30.1 Å². The van der Waals surface area contributed by atoms with E-state index < -0.39 is 65.0 Å². The topological polar surface area (TPSA) is 123 Å². The van der Waals surface area contributed by atoms with Crippen LogP contribution >= 0.6 is 9.24 Å². The Balaban J connectivity index is 2.13. The second kappa shape index (κ2) is 13.9. The van der Waals surface area contributed by atoms with Crippen molar-refractivity contribution < 1.29 is 42.5 Å². The fraction of sp³-hybridized carbons (Fsp3) is 0.600. The number of aliphatic hydroxyl groups is 1. The monoisotopic (exact) mass is 640 g/mol. The zero-order valence-electron chi connectivity index (χ0n) is 26.5. The van der Waals surface area contributed by atoms with Crippen molar-refractivity contribution in [2.24, 2.45) is 5.92 Å². The van der Waals surface area contributed by atoms with Crippen LogP contribution in [0.4, 0.5) is 13.6 Å². The number of carbonyl (C=O) groups excluding carboxylic acids is 3. The molecule has 11 nitrogen and oxygen atoms in total. The van der Waals surface area contributed by atoms with E-state index in [0.29, 0.717) is 0 Å². The lowest BCUT2D eigenvalue weighted by molar-refractivity contribution is -0.164. The second-order valence-corrected chi connectivity index (χ2v) is 12.8. The molecule has 1 unspecified atom stereocenters. The number of hydrogen-bond donors (Lipinski definition) is 1. The summed E-state index contributed by atoms with van der Waals surface area (Å²) in [5.41, 5.74) is -1.82. The molecule has 244 valence electrons. The van der Waals surface area contributed by atoms with E-state index in [4.69, 9.17) is 14.2 Å². The van der Waals surface area contributed by atoms with Gasteiger partial charge in [-0.3, -0.25) is 9.59 Å². The molecule has 2 amide bonds. The summed E-state index contributed by atoms with van der Waals surface area (Å²) in [6, 6.07) is 2.08. The Labute approximate surface area is 259 Å². The summed E-state index contributed by atoms with van der Waals surface area (Å²) in [6.07, 6.45) is -1.00. The van der Waals surface area contributed by atoms with E-state index in [1.165, 1.54) is 30.8 Å². The summed E-state index contributed by atoms with van der Waals surface area (Å²) >= 11 is 0. The molecule has 1 aromatic heterocycles. The first-order valence-electron chi connectivity index (χ1n) is 14.3. The third-order valence-corrected chi connectivity index (χ3v) is 7.81. The van der Waals surface area contributed by atoms with Crippen LogP contribution in [-0.4, -0.2) is 92.6 Å². The number of esters is 1. The predicted molar refractivity (Wildman–Crippen MR) is 161 cm³/mol. The lowest BCUT2D eigenvalue weighted by Gasteiger charge is -2.42. The first-order valence-corrected chi connectivity index (χ1v) is 15.1. The average molecular weight is 641 g/mol. The van der Waals surface area contributed by atoms with E-state index in [9.17, 15) is 28.3 Å². The van der Waals surface area contributed by atoms with Gasteiger partial charge in [-0.25, -0.2) is 18.6 Å². The van der Waals surface area contributed by atoms with Crippen molar-refractivity contribution in [3.63, 3.8) is 0 Å². The van der Waals surface area contributed by atoms with Gasteiger partial charge in [0, 0.05) is 51.1 Å². The van der Waals surface area contributed by atoms with E-state index in [1.807, 2.05) is 0 Å². The average Bonchev–Trinajstić information content (AvgIpc) is 3.51. The smallest absolute Gasteiger partial charge is 0.410 e. The lowest BCUT2D eigenvalue weighted by atomic mass is 9.93. The van der Waals surface area contributed by atoms with Crippen LogP contribution in [0.1, 0.15) is 60.3 Å². The molecule has 1 aromatic carbocycles. The number of β-amino-alcohol motifs (C(OH)–C–C–N with tert-alkyl or cyclic N) is 1. The number of halogens is 2. The number of amides is 2. The second-order valence-electron chi connectivity index (χ2n) is 12.4. The molecule has 1 aliphatic rings. The van der Waals surface area contributed by atoms with E-state index >= 15 is 0 Å². The van der Waals surface area contributed by atoms with Gasteiger partial charge in [-0.2, -0.15) is 0 Å². The SMILES string of the molecule is COC(C)(C)[C@H](c1nc(-c2cc(F)ccc2F)cn1CP)N(C[C@@H]1CN(C(=O)OC(C)(C)C)C[C@H]1O)C(=O)[C@H](C)OC(C)=O. The van der Waals surface area contributed by atoms with Crippen molar-refractivity contribution in [2.45, 2.75) is 84.2 Å². The van der Waals surface area contributed by atoms with Crippen molar-refractivity contribution in [3.8, 4) is 11.3 Å². The normalized spacial score (nSPS) is 18.6. The Hall–Kier alpha value is -3.15. The Bertz CT molecular complexity index is 1360. The summed E-state index contributed by atoms with van der Waals surface area (Å²) < 4.78 is 47.2. The van der Waals surface area contributed by atoms with Gasteiger partial charge < -0.3 is 33.7 Å². The maximum atomic E-state index is 14.8. The molecule has 1 N–H and O–H groups in total. The quantitative estimate of drug-likeness (QED) is 0.304. The Morgan fingerprint density at radius 1 is 1.18 bits per heavy atom. The highest BCUT2D eigenvalue weighted by Gasteiger charge is 2.46. The minimum atomic E-state index is -1.22. The molecule has 0 spiro atoms. The lowest BCUT2D eigenvalue weighted by Crippen LogP contribution is -2.53. The molecule has 2 heterocycles. The number of methoxy groups -OCH3 is 1. The molecular formula is C30H43F2N4O7P. The van der Waals surface area contributed by atoms with E-state index in [0.717, 1.165) is 18.2 Å². The number of ether oxygens (including phenoxy) is 3. The standard InChI is InChI=1S/C30H43F2N4O7P/c1-17(42-18(2)37)27(39)36(13-19-12-34(15-24(19)38)28(40)43-29(3,4)5)25(30(6,7)41-8)26-33-23(14-35(26)16-44)21-11-20(31)9-10-22(21)32/h9-11,14,17,19,24-25,38H,12-13,15-16,44H2,1-8H3/t17-,19-,24+,25-/m0/s1. The summed E-state index contributed by atoms with van der Waals surface area (Å²) in [4.78, 5) is 46.2. The van der Waals surface area contributed by atoms with Gasteiger partial charge >= 0.3 is 12.1 Å². The Morgan fingerprint density at radius 3 is 2.41 bits per heavy atom. The van der Waals surface area contributed by atoms with Crippen LogP contribution in [0.2, 0.25) is 0 Å². The number of imidazole rings is 1. The Morgan fingerprint density at radius 2 is 1.84 bits per heavy atom. The zero-order valence-corrected chi connectivity index (χ0v) is 27.6. The van der Waals surface area contributed by atoms with Gasteiger partial charge in [0.25, 0.3) is 5.91 Å². The molecule has 2 aromatic rings. The maximum absolute atomic E-state index is 14.8. The van der Waals surface area contributed by atoms with Crippen molar-refractivity contribution in [1.29, 1.82) is 0 Å². The first-order chi connectivity index (χ1) is 20.4. The van der Waals surface area contributed by atoms with Crippen LogP contribution in [0.25, 0.3) is 11.3 Å². The van der Waals surface area contributed by atoms with E-state index in [-0.39, 0.29) is 43.0 Å². The third kappa shape index (κ3) is 8.31. The van der Waals surface area contributed by atoms with Crippen LogP contribution in [0, 0.1) is 17.6 Å². The number of rotatable bonds is 10. The Kier molecular flexibility index (Phi) is 11.1. The van der Waals surface area contributed by atoms with Gasteiger partial charge in [-0.05, 0) is 59.7 Å². The third-order valence-electron chi connectivity index (χ3n) is 7.41. The van der Waals surface area contributed by atoms with Gasteiger partial charge in [-0.1, -0.05) is 0 Å². The van der Waals surface area contributed by atoms with Gasteiger partial charge in [0.1, 0.15) is 29.1 Å². The van der Waals surface area contributed by atoms with Crippen molar-refractivity contribution in [1.82, 2.24) is 19.4 Å². The highest BCUT2D eigenvalue weighted by atomic mass is 31.0. The van der Waals surface area contributed by atoms with Gasteiger partial charge in [0.2, 0.25) is 0 Å². The molecule has 14 heteroatoms. The number of nitrogens with zero attached hydrogens (tertiary/aromatic N) is 4. The summed E-state index contributed by atoms with van der Waals surface area (Å²) in [6.45, 7) is 11.3. The molecule has 1 aliphatic heterocycles. The van der Waals surface area contributed by atoms with Crippen LogP contribution in [0.5, 0.6) is 0 Å². The van der Waals surface area contributed by atoms with Crippen molar-refractivity contribution in [2.75, 3.05) is 26.7 Å². The van der Waals surface area contributed by atoms with Crippen LogP contribution < -0.4 is 0 Å². The fourth-order valence-electron chi connectivity index (χ4n) is 5.17. The zero-order chi connectivity index (χ0) is 33.1.